The van der Waals surface area contributed by atoms with Gasteiger partial charge in [-0.1, -0.05) is 43.0 Å². The standard InChI is InChI=1S/C8H8.C7H7.C4H9.Sn/c1-2-8-6-4-3-5-7-8;1-7-5-3-2-4-6-7;1-3-4-2;/h2-7H,1H2;3-6H,1H3;1,3-4H2,2H3;. The second kappa shape index (κ2) is 10.7. The molecule has 0 aromatic heterocycles. The third-order valence-corrected chi connectivity index (χ3v) is 6.79. The van der Waals surface area contributed by atoms with E-state index in [0.29, 0.717) is 0 Å². The molecule has 0 amide bonds. The fraction of sp³-hybridized carbons (Fsp3) is 0.263. The second-order valence-corrected chi connectivity index (χ2v) is 8.85. The number of hydrogen-bond acceptors (Lipinski definition) is 0. The van der Waals surface area contributed by atoms with Crippen LogP contribution in [0.2, 0.25) is 4.44 Å². The number of hydrogen-bond donors (Lipinski definition) is 0. The van der Waals surface area contributed by atoms with Crippen molar-refractivity contribution in [3.63, 3.8) is 0 Å². The number of rotatable bonds is 5. The van der Waals surface area contributed by atoms with Gasteiger partial charge in [-0.3, -0.25) is 0 Å². The molecule has 1 heteroatoms. The van der Waals surface area contributed by atoms with Gasteiger partial charge < -0.3 is 0 Å². The predicted octanol–water partition coefficient (Wildman–Crippen LogP) is 4.87. The molecule has 0 heterocycles. The summed E-state index contributed by atoms with van der Waals surface area (Å²) in [6, 6.07) is 19.1. The van der Waals surface area contributed by atoms with Crippen molar-refractivity contribution in [2.45, 2.75) is 31.1 Å². The third-order valence-electron chi connectivity index (χ3n) is 2.95. The van der Waals surface area contributed by atoms with Crippen LogP contribution in [0.3, 0.4) is 0 Å². The van der Waals surface area contributed by atoms with E-state index in [2.05, 4.69) is 44.7 Å². The van der Waals surface area contributed by atoms with Gasteiger partial charge in [0.05, 0.1) is 0 Å². The van der Waals surface area contributed by atoms with E-state index in [1.165, 1.54) is 28.4 Å². The van der Waals surface area contributed by atoms with Gasteiger partial charge in [-0.05, 0) is 5.56 Å². The molecular weight excluding hydrogens is 347 g/mol. The zero-order valence-corrected chi connectivity index (χ0v) is 15.5. The molecule has 20 heavy (non-hydrogen) atoms. The Hall–Kier alpha value is -1.02. The Morgan fingerprint density at radius 3 is 2.15 bits per heavy atom. The summed E-state index contributed by atoms with van der Waals surface area (Å²) in [5.41, 5.74) is 2.56. The Bertz CT molecular complexity index is 471. The van der Waals surface area contributed by atoms with E-state index in [1.54, 1.807) is 3.58 Å². The molecule has 0 saturated heterocycles. The Balaban J connectivity index is 0.000000217. The molecule has 0 aliphatic carbocycles. The molecule has 2 aromatic rings. The molecule has 0 spiro atoms. The van der Waals surface area contributed by atoms with Crippen molar-refractivity contribution in [2.24, 2.45) is 0 Å². The van der Waals surface area contributed by atoms with E-state index in [4.69, 9.17) is 0 Å². The average Bonchev–Trinajstić information content (AvgIpc) is 2.51. The molecule has 0 N–H and O–H groups in total. The minimum absolute atomic E-state index is 0.203. The van der Waals surface area contributed by atoms with Crippen LogP contribution < -0.4 is 3.58 Å². The fourth-order valence-corrected chi connectivity index (χ4v) is 5.16. The van der Waals surface area contributed by atoms with E-state index in [-0.39, 0.29) is 21.1 Å². The fourth-order valence-electron chi connectivity index (χ4n) is 1.67. The molecule has 2 rings (SSSR count). The van der Waals surface area contributed by atoms with Crippen LogP contribution in [0.1, 0.15) is 30.9 Å². The molecule has 0 fully saturated rings. The molecule has 0 aliphatic rings. The van der Waals surface area contributed by atoms with E-state index in [0.717, 1.165) is 0 Å². The van der Waals surface area contributed by atoms with Crippen LogP contribution in [-0.4, -0.2) is 21.1 Å². The summed E-state index contributed by atoms with van der Waals surface area (Å²) in [7, 11) is 0. The van der Waals surface area contributed by atoms with Crippen molar-refractivity contribution >= 4 is 30.8 Å². The molecule has 0 saturated carbocycles. The summed E-state index contributed by atoms with van der Waals surface area (Å²) in [6.07, 6.45) is 4.62. The van der Waals surface area contributed by atoms with Crippen molar-refractivity contribution in [1.29, 1.82) is 0 Å². The zero-order chi connectivity index (χ0) is 14.6. The molecule has 2 aromatic carbocycles. The van der Waals surface area contributed by atoms with Crippen LogP contribution in [0.5, 0.6) is 0 Å². The van der Waals surface area contributed by atoms with Gasteiger partial charge in [-0.25, -0.2) is 0 Å². The molecule has 0 nitrogen and oxygen atoms in total. The third kappa shape index (κ3) is 7.54. The Labute approximate surface area is 134 Å². The average molecular weight is 371 g/mol. The SMILES string of the molecule is C=Cc1ccccc1.CCC[CH2][Sn][c]1ccc(C)cc1. The first kappa shape index (κ1) is 17.0. The van der Waals surface area contributed by atoms with E-state index >= 15 is 0 Å². The van der Waals surface area contributed by atoms with E-state index in [9.17, 15) is 0 Å². The zero-order valence-electron chi connectivity index (χ0n) is 12.6. The van der Waals surface area contributed by atoms with Gasteiger partial charge in [0.1, 0.15) is 0 Å². The topological polar surface area (TPSA) is 0 Å². The van der Waals surface area contributed by atoms with Crippen LogP contribution >= 0.6 is 0 Å². The van der Waals surface area contributed by atoms with Crippen LogP contribution in [0.15, 0.2) is 61.2 Å². The second-order valence-electron chi connectivity index (χ2n) is 4.76. The van der Waals surface area contributed by atoms with Gasteiger partial charge in [0.2, 0.25) is 0 Å². The molecule has 0 unspecified atom stereocenters. The van der Waals surface area contributed by atoms with Crippen LogP contribution in [0, 0.1) is 6.92 Å². The number of aryl methyl sites for hydroxylation is 1. The summed E-state index contributed by atoms with van der Waals surface area (Å²) in [4.78, 5) is 0. The maximum absolute atomic E-state index is 3.63. The van der Waals surface area contributed by atoms with Gasteiger partial charge in [0, 0.05) is 0 Å². The molecule has 104 valence electrons. The van der Waals surface area contributed by atoms with Gasteiger partial charge in [-0.15, -0.1) is 0 Å². The normalized spacial score (nSPS) is 9.50. The summed E-state index contributed by atoms with van der Waals surface area (Å²) < 4.78 is 3.15. The van der Waals surface area contributed by atoms with E-state index in [1.807, 2.05) is 36.4 Å². The van der Waals surface area contributed by atoms with Crippen molar-refractivity contribution in [3.8, 4) is 0 Å². The predicted molar refractivity (Wildman–Crippen MR) is 92.8 cm³/mol. The molecule has 0 atom stereocenters. The van der Waals surface area contributed by atoms with Crippen LogP contribution in [0.25, 0.3) is 6.08 Å². The quantitative estimate of drug-likeness (QED) is 0.520. The summed E-state index contributed by atoms with van der Waals surface area (Å²) in [5, 5.41) is 0. The number of benzene rings is 2. The number of unbranched alkanes of at least 4 members (excludes halogenated alkanes) is 1. The first-order valence-electron chi connectivity index (χ1n) is 7.24. The van der Waals surface area contributed by atoms with Gasteiger partial charge >= 0.3 is 85.7 Å². The van der Waals surface area contributed by atoms with Gasteiger partial charge in [0.25, 0.3) is 0 Å². The summed E-state index contributed by atoms with van der Waals surface area (Å²) >= 11 is -0.203. The summed E-state index contributed by atoms with van der Waals surface area (Å²) in [6.45, 7) is 8.06. The van der Waals surface area contributed by atoms with Gasteiger partial charge in [-0.2, -0.15) is 0 Å². The molecule has 0 bridgehead atoms. The maximum atomic E-state index is 3.63. The van der Waals surface area contributed by atoms with E-state index < -0.39 is 0 Å². The van der Waals surface area contributed by atoms with Crippen molar-refractivity contribution < 1.29 is 0 Å². The molecule has 0 aliphatic heterocycles. The van der Waals surface area contributed by atoms with Crippen molar-refractivity contribution in [1.82, 2.24) is 0 Å². The van der Waals surface area contributed by atoms with Crippen LogP contribution in [-0.2, 0) is 0 Å². The Morgan fingerprint density at radius 1 is 1.00 bits per heavy atom. The van der Waals surface area contributed by atoms with Crippen LogP contribution in [0.4, 0.5) is 0 Å². The first-order chi connectivity index (χ1) is 9.76. The van der Waals surface area contributed by atoms with Crippen molar-refractivity contribution in [2.75, 3.05) is 0 Å². The molecule has 2 radical (unpaired) electrons. The van der Waals surface area contributed by atoms with Crippen molar-refractivity contribution in [3.05, 3.63) is 72.3 Å². The Kier molecular flexibility index (Phi) is 9.14. The summed E-state index contributed by atoms with van der Waals surface area (Å²) in [5.74, 6) is 0. The first-order valence-corrected chi connectivity index (χ1v) is 10.7. The Morgan fingerprint density at radius 2 is 1.65 bits per heavy atom. The molecular formula is C19H24Sn. The monoisotopic (exact) mass is 372 g/mol. The van der Waals surface area contributed by atoms with Gasteiger partial charge in [0.15, 0.2) is 0 Å². The minimum atomic E-state index is -0.203.